The number of aryl methyl sites for hydroxylation is 1. The standard InChI is InChI=1S/C17H22ClN3O3S/c1-5-14(16(22)23-6-2)25-17-20-19-15(21(17)4)10-24-12-7-8-13(18)11(3)9-12/h7-9,14H,5-6,10H2,1-4H3. The van der Waals surface area contributed by atoms with Crippen LogP contribution in [0.1, 0.15) is 31.7 Å². The van der Waals surface area contributed by atoms with Crippen LogP contribution >= 0.6 is 23.4 Å². The second-order valence-corrected chi connectivity index (χ2v) is 7.00. The molecule has 1 atom stereocenters. The Balaban J connectivity index is 2.02. The average molecular weight is 384 g/mol. The summed E-state index contributed by atoms with van der Waals surface area (Å²) in [6, 6.07) is 5.49. The first kappa shape index (κ1) is 19.6. The summed E-state index contributed by atoms with van der Waals surface area (Å²) in [6.07, 6.45) is 0.659. The predicted molar refractivity (Wildman–Crippen MR) is 98.1 cm³/mol. The van der Waals surface area contributed by atoms with Gasteiger partial charge in [0, 0.05) is 12.1 Å². The minimum absolute atomic E-state index is 0.229. The zero-order valence-corrected chi connectivity index (χ0v) is 16.4. The van der Waals surface area contributed by atoms with Gasteiger partial charge in [0.1, 0.15) is 17.6 Å². The van der Waals surface area contributed by atoms with Crippen molar-refractivity contribution >= 4 is 29.3 Å². The number of nitrogens with zero attached hydrogens (tertiary/aromatic N) is 3. The van der Waals surface area contributed by atoms with Gasteiger partial charge in [-0.15, -0.1) is 10.2 Å². The highest BCUT2D eigenvalue weighted by Crippen LogP contribution is 2.26. The molecule has 2 rings (SSSR count). The van der Waals surface area contributed by atoms with Crippen LogP contribution in [0.5, 0.6) is 5.75 Å². The van der Waals surface area contributed by atoms with Crippen LogP contribution in [0.2, 0.25) is 5.02 Å². The molecule has 0 aliphatic rings. The molecule has 0 spiro atoms. The quantitative estimate of drug-likeness (QED) is 0.510. The Morgan fingerprint density at radius 2 is 2.12 bits per heavy atom. The lowest BCUT2D eigenvalue weighted by Crippen LogP contribution is -2.20. The Bertz CT molecular complexity index is 736. The molecule has 0 saturated heterocycles. The summed E-state index contributed by atoms with van der Waals surface area (Å²) in [4.78, 5) is 11.9. The van der Waals surface area contributed by atoms with E-state index >= 15 is 0 Å². The van der Waals surface area contributed by atoms with Gasteiger partial charge in [0.15, 0.2) is 11.0 Å². The Morgan fingerprint density at radius 1 is 1.36 bits per heavy atom. The molecular weight excluding hydrogens is 362 g/mol. The monoisotopic (exact) mass is 383 g/mol. The first-order chi connectivity index (χ1) is 12.0. The third-order valence-electron chi connectivity index (χ3n) is 3.59. The van der Waals surface area contributed by atoms with E-state index in [9.17, 15) is 4.79 Å². The summed E-state index contributed by atoms with van der Waals surface area (Å²) < 4.78 is 12.7. The Morgan fingerprint density at radius 3 is 2.76 bits per heavy atom. The Kier molecular flexibility index (Phi) is 7.13. The van der Waals surface area contributed by atoms with Crippen LogP contribution < -0.4 is 4.74 Å². The van der Waals surface area contributed by atoms with E-state index in [0.717, 1.165) is 11.3 Å². The maximum Gasteiger partial charge on any atom is 0.319 e. The number of esters is 1. The van der Waals surface area contributed by atoms with Crippen LogP contribution in [0.25, 0.3) is 0 Å². The number of hydrogen-bond acceptors (Lipinski definition) is 6. The summed E-state index contributed by atoms with van der Waals surface area (Å²) in [7, 11) is 1.85. The lowest BCUT2D eigenvalue weighted by atomic mass is 10.2. The van der Waals surface area contributed by atoms with Crippen LogP contribution in [-0.4, -0.2) is 32.6 Å². The van der Waals surface area contributed by atoms with E-state index in [1.54, 1.807) is 13.0 Å². The number of thioether (sulfide) groups is 1. The molecule has 0 bridgehead atoms. The van der Waals surface area contributed by atoms with E-state index in [1.165, 1.54) is 11.8 Å². The SMILES string of the molecule is CCOC(=O)C(CC)Sc1nnc(COc2ccc(Cl)c(C)c2)n1C. The van der Waals surface area contributed by atoms with E-state index < -0.39 is 0 Å². The summed E-state index contributed by atoms with van der Waals surface area (Å²) in [5, 5.41) is 9.37. The second-order valence-electron chi connectivity index (χ2n) is 5.42. The fourth-order valence-electron chi connectivity index (χ4n) is 2.09. The number of hydrogen-bond donors (Lipinski definition) is 0. The van der Waals surface area contributed by atoms with Crippen LogP contribution in [0.4, 0.5) is 0 Å². The molecular formula is C17H22ClN3O3S. The van der Waals surface area contributed by atoms with Gasteiger partial charge in [0.05, 0.1) is 6.61 Å². The first-order valence-corrected chi connectivity index (χ1v) is 9.32. The zero-order valence-electron chi connectivity index (χ0n) is 14.8. The number of ether oxygens (including phenoxy) is 2. The molecule has 8 heteroatoms. The lowest BCUT2D eigenvalue weighted by molar-refractivity contribution is -0.142. The van der Waals surface area contributed by atoms with E-state index in [-0.39, 0.29) is 17.8 Å². The number of halogens is 1. The van der Waals surface area contributed by atoms with Crippen molar-refractivity contribution in [2.45, 2.75) is 44.2 Å². The first-order valence-electron chi connectivity index (χ1n) is 8.06. The summed E-state index contributed by atoms with van der Waals surface area (Å²) in [5.41, 5.74) is 0.952. The molecule has 0 amide bonds. The van der Waals surface area contributed by atoms with Crippen molar-refractivity contribution in [3.8, 4) is 5.75 Å². The topological polar surface area (TPSA) is 66.2 Å². The molecule has 0 fully saturated rings. The molecule has 0 N–H and O–H groups in total. The van der Waals surface area contributed by atoms with Gasteiger partial charge in [0.25, 0.3) is 0 Å². The van der Waals surface area contributed by atoms with Crippen LogP contribution in [-0.2, 0) is 23.2 Å². The van der Waals surface area contributed by atoms with Gasteiger partial charge >= 0.3 is 5.97 Å². The molecule has 2 aromatic rings. The van der Waals surface area contributed by atoms with Gasteiger partial charge in [-0.3, -0.25) is 4.79 Å². The van der Waals surface area contributed by atoms with Gasteiger partial charge < -0.3 is 14.0 Å². The Labute approximate surface area is 156 Å². The number of carbonyl (C=O) groups is 1. The normalized spacial score (nSPS) is 12.0. The highest BCUT2D eigenvalue weighted by atomic mass is 35.5. The van der Waals surface area contributed by atoms with E-state index in [0.29, 0.717) is 29.0 Å². The lowest BCUT2D eigenvalue weighted by Gasteiger charge is -2.12. The predicted octanol–water partition coefficient (Wildman–Crippen LogP) is 3.79. The van der Waals surface area contributed by atoms with Gasteiger partial charge in [-0.2, -0.15) is 0 Å². The number of aromatic nitrogens is 3. The highest BCUT2D eigenvalue weighted by molar-refractivity contribution is 8.00. The van der Waals surface area contributed by atoms with Gasteiger partial charge in [-0.25, -0.2) is 0 Å². The van der Waals surface area contributed by atoms with E-state index in [4.69, 9.17) is 21.1 Å². The van der Waals surface area contributed by atoms with Crippen LogP contribution in [0.15, 0.2) is 23.4 Å². The summed E-state index contributed by atoms with van der Waals surface area (Å²) in [5.74, 6) is 1.17. The number of benzene rings is 1. The molecule has 0 aliphatic heterocycles. The van der Waals surface area contributed by atoms with Crippen molar-refractivity contribution in [3.63, 3.8) is 0 Å². The zero-order chi connectivity index (χ0) is 18.4. The fraction of sp³-hybridized carbons (Fsp3) is 0.471. The molecule has 1 heterocycles. The summed E-state index contributed by atoms with van der Waals surface area (Å²) in [6.45, 7) is 6.31. The molecule has 0 saturated carbocycles. The summed E-state index contributed by atoms with van der Waals surface area (Å²) >= 11 is 7.37. The van der Waals surface area contributed by atoms with Crippen molar-refractivity contribution in [2.75, 3.05) is 6.61 Å². The van der Waals surface area contributed by atoms with Gasteiger partial charge in [-0.1, -0.05) is 30.3 Å². The third kappa shape index (κ3) is 5.12. The third-order valence-corrected chi connectivity index (χ3v) is 5.39. The number of rotatable bonds is 8. The highest BCUT2D eigenvalue weighted by Gasteiger charge is 2.22. The van der Waals surface area contributed by atoms with Gasteiger partial charge in [0.2, 0.25) is 0 Å². The number of carbonyl (C=O) groups excluding carboxylic acids is 1. The maximum atomic E-state index is 11.9. The van der Waals surface area contributed by atoms with E-state index in [2.05, 4.69) is 10.2 Å². The molecule has 0 aliphatic carbocycles. The van der Waals surface area contributed by atoms with Crippen molar-refractivity contribution < 1.29 is 14.3 Å². The molecule has 6 nitrogen and oxygen atoms in total. The average Bonchev–Trinajstić information content (AvgIpc) is 2.94. The van der Waals surface area contributed by atoms with Gasteiger partial charge in [-0.05, 0) is 44.0 Å². The second kappa shape index (κ2) is 9.10. The van der Waals surface area contributed by atoms with Crippen LogP contribution in [0.3, 0.4) is 0 Å². The smallest absolute Gasteiger partial charge is 0.319 e. The van der Waals surface area contributed by atoms with Crippen molar-refractivity contribution in [1.82, 2.24) is 14.8 Å². The maximum absolute atomic E-state index is 11.9. The van der Waals surface area contributed by atoms with E-state index in [1.807, 2.05) is 37.6 Å². The van der Waals surface area contributed by atoms with Crippen molar-refractivity contribution in [1.29, 1.82) is 0 Å². The molecule has 1 unspecified atom stereocenters. The molecule has 1 aromatic heterocycles. The molecule has 136 valence electrons. The minimum Gasteiger partial charge on any atom is -0.486 e. The largest absolute Gasteiger partial charge is 0.486 e. The van der Waals surface area contributed by atoms with Crippen molar-refractivity contribution in [3.05, 3.63) is 34.6 Å². The van der Waals surface area contributed by atoms with Crippen molar-refractivity contribution in [2.24, 2.45) is 7.05 Å². The molecule has 0 radical (unpaired) electrons. The molecule has 1 aromatic carbocycles. The molecule has 25 heavy (non-hydrogen) atoms. The Hall–Kier alpha value is -1.73. The fourth-order valence-corrected chi connectivity index (χ4v) is 3.14. The minimum atomic E-state index is -0.296. The van der Waals surface area contributed by atoms with Crippen LogP contribution in [0, 0.1) is 6.92 Å².